The van der Waals surface area contributed by atoms with Gasteiger partial charge in [0.25, 0.3) is 5.91 Å². The normalized spacial score (nSPS) is 11.4. The van der Waals surface area contributed by atoms with Gasteiger partial charge in [0.2, 0.25) is 5.91 Å². The van der Waals surface area contributed by atoms with E-state index < -0.39 is 11.9 Å². The number of hydrogen-bond donors (Lipinski definition) is 5. The average Bonchev–Trinajstić information content (AvgIpc) is 3.17. The van der Waals surface area contributed by atoms with Crippen LogP contribution in [0.15, 0.2) is 77.8 Å². The minimum atomic E-state index is -1.08. The highest BCUT2D eigenvalue weighted by atomic mass is 16.4. The number of nitrogens with zero attached hydrogens (tertiary/aromatic N) is 1. The van der Waals surface area contributed by atoms with Crippen LogP contribution in [0.5, 0.6) is 5.88 Å². The first-order valence-electron chi connectivity index (χ1n) is 10.7. The van der Waals surface area contributed by atoms with E-state index in [1.807, 2.05) is 30.3 Å². The summed E-state index contributed by atoms with van der Waals surface area (Å²) in [6.45, 7) is 0.123. The second-order valence-corrected chi connectivity index (χ2v) is 7.76. The van der Waals surface area contributed by atoms with Crippen LogP contribution in [0.4, 0.5) is 5.69 Å². The topological polar surface area (TPSA) is 158 Å². The molecule has 1 heterocycles. The third-order valence-electron chi connectivity index (χ3n) is 5.32. The molecule has 0 radical (unpaired) electrons. The summed E-state index contributed by atoms with van der Waals surface area (Å²) < 4.78 is 0. The van der Waals surface area contributed by atoms with E-state index in [-0.39, 0.29) is 30.3 Å². The molecule has 35 heavy (non-hydrogen) atoms. The van der Waals surface area contributed by atoms with E-state index in [2.05, 4.69) is 10.3 Å². The van der Waals surface area contributed by atoms with E-state index in [1.54, 1.807) is 30.3 Å². The Hall–Kier alpha value is -4.92. The van der Waals surface area contributed by atoms with Crippen molar-refractivity contribution in [3.63, 3.8) is 0 Å². The Kier molecular flexibility index (Phi) is 6.59. The van der Waals surface area contributed by atoms with Crippen LogP contribution in [0.3, 0.4) is 0 Å². The van der Waals surface area contributed by atoms with Crippen LogP contribution < -0.4 is 11.1 Å². The van der Waals surface area contributed by atoms with Crippen molar-refractivity contribution < 1.29 is 24.6 Å². The van der Waals surface area contributed by atoms with E-state index >= 15 is 0 Å². The monoisotopic (exact) mass is 470 g/mol. The molecule has 176 valence electrons. The highest BCUT2D eigenvalue weighted by molar-refractivity contribution is 6.22. The number of hydrogen-bond acceptors (Lipinski definition) is 5. The summed E-state index contributed by atoms with van der Waals surface area (Å²) >= 11 is 0. The van der Waals surface area contributed by atoms with Crippen molar-refractivity contribution in [1.29, 1.82) is 0 Å². The fourth-order valence-electron chi connectivity index (χ4n) is 3.66. The molecule has 9 nitrogen and oxygen atoms in total. The largest absolute Gasteiger partial charge is 0.494 e. The van der Waals surface area contributed by atoms with Crippen molar-refractivity contribution in [2.45, 2.75) is 6.42 Å². The lowest BCUT2D eigenvalue weighted by atomic mass is 10.00. The lowest BCUT2D eigenvalue weighted by Crippen LogP contribution is -2.27. The number of aliphatic imine (C=N–C) groups is 1. The van der Waals surface area contributed by atoms with Crippen LogP contribution in [-0.4, -0.2) is 45.2 Å². The van der Waals surface area contributed by atoms with E-state index in [0.29, 0.717) is 39.0 Å². The Morgan fingerprint density at radius 1 is 0.914 bits per heavy atom. The molecule has 0 bridgehead atoms. The van der Waals surface area contributed by atoms with Gasteiger partial charge in [-0.25, -0.2) is 9.79 Å². The molecule has 0 spiro atoms. The first kappa shape index (κ1) is 23.2. The first-order chi connectivity index (χ1) is 16.8. The standard InChI is InChI=1S/C26H22N4O5/c27-21(31)11-12-28-24(32)16-7-4-8-18(13-16)29-23(15-5-2-1-3-6-15)22-19-10-9-17(26(34)35)14-20(19)30-25(22)33/h1-10,13-14,30,33H,11-12H2,(H2,27,31)(H,28,32)(H,34,35). The summed E-state index contributed by atoms with van der Waals surface area (Å²) in [5.41, 5.74) is 7.99. The van der Waals surface area contributed by atoms with E-state index in [1.165, 1.54) is 12.1 Å². The van der Waals surface area contributed by atoms with Crippen molar-refractivity contribution in [3.8, 4) is 5.88 Å². The Balaban J connectivity index is 1.79. The summed E-state index contributed by atoms with van der Waals surface area (Å²) in [6, 6.07) is 20.3. The lowest BCUT2D eigenvalue weighted by Gasteiger charge is -2.09. The number of carbonyl (C=O) groups excluding carboxylic acids is 2. The fraction of sp³-hybridized carbons (Fsp3) is 0.0769. The number of benzene rings is 3. The molecule has 3 aromatic carbocycles. The highest BCUT2D eigenvalue weighted by Crippen LogP contribution is 2.32. The number of aromatic nitrogens is 1. The Morgan fingerprint density at radius 3 is 2.37 bits per heavy atom. The molecule has 6 N–H and O–H groups in total. The molecular weight excluding hydrogens is 448 g/mol. The zero-order chi connectivity index (χ0) is 24.9. The number of aromatic amines is 1. The molecule has 0 aliphatic heterocycles. The van der Waals surface area contributed by atoms with E-state index in [0.717, 1.165) is 0 Å². The molecule has 0 fully saturated rings. The molecular formula is C26H22N4O5. The van der Waals surface area contributed by atoms with Crippen LogP contribution in [0.2, 0.25) is 0 Å². The summed E-state index contributed by atoms with van der Waals surface area (Å²) in [4.78, 5) is 42.3. The van der Waals surface area contributed by atoms with Gasteiger partial charge in [-0.3, -0.25) is 9.59 Å². The molecule has 9 heteroatoms. The molecule has 0 aliphatic rings. The SMILES string of the molecule is NC(=O)CCNC(=O)c1cccc(N=C(c2ccccc2)c2c(O)[nH]c3cc(C(=O)O)ccc23)c1. The van der Waals surface area contributed by atoms with Crippen LogP contribution in [0.25, 0.3) is 10.9 Å². The van der Waals surface area contributed by atoms with Crippen LogP contribution >= 0.6 is 0 Å². The van der Waals surface area contributed by atoms with Gasteiger partial charge in [0.05, 0.1) is 22.5 Å². The molecule has 0 saturated heterocycles. The predicted molar refractivity (Wildman–Crippen MR) is 131 cm³/mol. The maximum absolute atomic E-state index is 12.5. The van der Waals surface area contributed by atoms with Gasteiger partial charge in [-0.15, -0.1) is 0 Å². The molecule has 0 atom stereocenters. The van der Waals surface area contributed by atoms with Gasteiger partial charge < -0.3 is 26.2 Å². The van der Waals surface area contributed by atoms with Crippen LogP contribution in [0, 0.1) is 0 Å². The second kappa shape index (κ2) is 9.92. The van der Waals surface area contributed by atoms with Crippen molar-refractivity contribution >= 4 is 40.1 Å². The molecule has 4 rings (SSSR count). The quantitative estimate of drug-likeness (QED) is 0.250. The zero-order valence-electron chi connectivity index (χ0n) is 18.5. The van der Waals surface area contributed by atoms with Crippen molar-refractivity contribution in [3.05, 3.63) is 95.1 Å². The summed E-state index contributed by atoms with van der Waals surface area (Å²) in [5, 5.41) is 23.3. The maximum atomic E-state index is 12.5. The molecule has 0 aliphatic carbocycles. The minimum absolute atomic E-state index is 0.0329. The van der Waals surface area contributed by atoms with Crippen molar-refractivity contribution in [1.82, 2.24) is 10.3 Å². The average molecular weight is 470 g/mol. The minimum Gasteiger partial charge on any atom is -0.494 e. The van der Waals surface area contributed by atoms with Gasteiger partial charge in [0.1, 0.15) is 0 Å². The van der Waals surface area contributed by atoms with Gasteiger partial charge in [-0.2, -0.15) is 0 Å². The zero-order valence-corrected chi connectivity index (χ0v) is 18.5. The second-order valence-electron chi connectivity index (χ2n) is 7.76. The predicted octanol–water partition coefficient (Wildman–Crippen LogP) is 3.35. The molecule has 0 saturated carbocycles. The number of aromatic hydroxyl groups is 1. The molecule has 1 aromatic heterocycles. The number of nitrogens with two attached hydrogens (primary N) is 1. The van der Waals surface area contributed by atoms with Gasteiger partial charge in [-0.05, 0) is 30.3 Å². The number of carboxylic acid groups (broad SMARTS) is 1. The number of rotatable bonds is 8. The fourth-order valence-corrected chi connectivity index (χ4v) is 3.66. The van der Waals surface area contributed by atoms with E-state index in [9.17, 15) is 24.6 Å². The van der Waals surface area contributed by atoms with Gasteiger partial charge in [0.15, 0.2) is 5.88 Å². The smallest absolute Gasteiger partial charge is 0.335 e. The summed E-state index contributed by atoms with van der Waals surface area (Å²) in [7, 11) is 0. The third kappa shape index (κ3) is 5.19. The Labute approximate surface area is 199 Å². The number of fused-ring (bicyclic) bond motifs is 1. The Morgan fingerprint density at radius 2 is 1.66 bits per heavy atom. The Bertz CT molecular complexity index is 1460. The van der Waals surface area contributed by atoms with Gasteiger partial charge in [0, 0.05) is 35.0 Å². The summed E-state index contributed by atoms with van der Waals surface area (Å²) in [6.07, 6.45) is 0.0329. The van der Waals surface area contributed by atoms with Crippen molar-refractivity contribution in [2.24, 2.45) is 10.7 Å². The van der Waals surface area contributed by atoms with Crippen LogP contribution in [-0.2, 0) is 4.79 Å². The van der Waals surface area contributed by atoms with Crippen LogP contribution in [0.1, 0.15) is 38.3 Å². The number of carbonyl (C=O) groups is 3. The molecule has 0 unspecified atom stereocenters. The molecule has 4 aromatic rings. The summed E-state index contributed by atoms with van der Waals surface area (Å²) in [5.74, 6) is -2.12. The first-order valence-corrected chi connectivity index (χ1v) is 10.7. The maximum Gasteiger partial charge on any atom is 0.335 e. The lowest BCUT2D eigenvalue weighted by molar-refractivity contribution is -0.117. The number of aromatic carboxylic acids is 1. The number of amides is 2. The third-order valence-corrected chi connectivity index (χ3v) is 5.32. The molecule has 2 amide bonds. The number of H-pyrrole nitrogens is 1. The van der Waals surface area contributed by atoms with E-state index in [4.69, 9.17) is 10.7 Å². The van der Waals surface area contributed by atoms with Gasteiger partial charge >= 0.3 is 5.97 Å². The number of primary amides is 1. The van der Waals surface area contributed by atoms with Crippen molar-refractivity contribution in [2.75, 3.05) is 6.54 Å². The van der Waals surface area contributed by atoms with Gasteiger partial charge in [-0.1, -0.05) is 42.5 Å². The highest BCUT2D eigenvalue weighted by Gasteiger charge is 2.20. The number of carboxylic acids is 1. The number of nitrogens with one attached hydrogen (secondary N) is 2.